The molecule has 0 aromatic rings. The van der Waals surface area contributed by atoms with Crippen LogP contribution < -0.4 is 17.0 Å². The van der Waals surface area contributed by atoms with Crippen LogP contribution in [0.15, 0.2) is 11.6 Å². The second kappa shape index (κ2) is 6.66. The van der Waals surface area contributed by atoms with E-state index in [0.29, 0.717) is 0 Å². The molecule has 15 heavy (non-hydrogen) atoms. The van der Waals surface area contributed by atoms with E-state index in [4.69, 9.17) is 4.74 Å². The summed E-state index contributed by atoms with van der Waals surface area (Å²) < 4.78 is 5.66. The summed E-state index contributed by atoms with van der Waals surface area (Å²) in [4.78, 5) is 11.3. The molecule has 0 amide bonds. The maximum absolute atomic E-state index is 11.3. The average Bonchev–Trinajstić information content (AvgIpc) is 2.16. The SMILES string of the molecule is COC(=O)C1=CCC[N+](C)(CCBr)C1.[Br-]. The summed E-state index contributed by atoms with van der Waals surface area (Å²) in [5.74, 6) is -0.177. The van der Waals surface area contributed by atoms with Gasteiger partial charge < -0.3 is 26.2 Å². The van der Waals surface area contributed by atoms with Crippen LogP contribution in [0.3, 0.4) is 0 Å². The summed E-state index contributed by atoms with van der Waals surface area (Å²) in [7, 11) is 3.61. The Kier molecular flexibility index (Phi) is 6.71. The lowest BCUT2D eigenvalue weighted by atomic mass is 10.1. The summed E-state index contributed by atoms with van der Waals surface area (Å²) in [5.41, 5.74) is 0.821. The van der Waals surface area contributed by atoms with Gasteiger partial charge in [-0.2, -0.15) is 0 Å². The number of likely N-dealkylation sites (N-methyl/N-ethyl adjacent to an activating group) is 1. The smallest absolute Gasteiger partial charge is 0.339 e. The molecule has 1 rings (SSSR count). The molecule has 1 unspecified atom stereocenters. The van der Waals surface area contributed by atoms with Crippen LogP contribution >= 0.6 is 15.9 Å². The van der Waals surface area contributed by atoms with Crippen molar-refractivity contribution in [2.75, 3.05) is 39.1 Å². The maximum Gasteiger partial charge on any atom is 0.339 e. The first-order valence-electron chi connectivity index (χ1n) is 4.78. The van der Waals surface area contributed by atoms with E-state index in [0.717, 1.165) is 41.4 Å². The summed E-state index contributed by atoms with van der Waals surface area (Å²) >= 11 is 3.44. The Hall–Kier alpha value is 0.130. The monoisotopic (exact) mass is 341 g/mol. The lowest BCUT2D eigenvalue weighted by Gasteiger charge is -2.36. The van der Waals surface area contributed by atoms with E-state index in [1.807, 2.05) is 6.08 Å². The van der Waals surface area contributed by atoms with Crippen LogP contribution in [0.1, 0.15) is 6.42 Å². The van der Waals surface area contributed by atoms with Crippen molar-refractivity contribution in [3.8, 4) is 0 Å². The molecule has 0 aromatic heterocycles. The van der Waals surface area contributed by atoms with Gasteiger partial charge in [-0.15, -0.1) is 0 Å². The van der Waals surface area contributed by atoms with Crippen molar-refractivity contribution < 1.29 is 31.0 Å². The van der Waals surface area contributed by atoms with Crippen molar-refractivity contribution in [2.45, 2.75) is 6.42 Å². The standard InChI is InChI=1S/C10H17BrNO2.BrH/c1-12(7-5-11)6-3-4-9(8-12)10(13)14-2;/h4H,3,5-8H2,1-2H3;1H/q+1;/p-1. The number of methoxy groups -OCH3 is 1. The Labute approximate surface area is 110 Å². The van der Waals surface area contributed by atoms with E-state index in [2.05, 4.69) is 23.0 Å². The molecule has 1 atom stereocenters. The Morgan fingerprint density at radius 3 is 2.87 bits per heavy atom. The Balaban J connectivity index is 0.00000196. The van der Waals surface area contributed by atoms with Crippen LogP contribution in [0.5, 0.6) is 0 Å². The number of halogens is 2. The third-order valence-electron chi connectivity index (χ3n) is 2.68. The minimum Gasteiger partial charge on any atom is -1.00 e. The fourth-order valence-electron chi connectivity index (χ4n) is 1.78. The first kappa shape index (κ1) is 15.1. The lowest BCUT2D eigenvalue weighted by molar-refractivity contribution is -0.903. The van der Waals surface area contributed by atoms with Crippen LogP contribution in [0.2, 0.25) is 0 Å². The first-order chi connectivity index (χ1) is 6.61. The highest BCUT2D eigenvalue weighted by Gasteiger charge is 2.28. The van der Waals surface area contributed by atoms with Gasteiger partial charge in [-0.25, -0.2) is 4.79 Å². The first-order valence-corrected chi connectivity index (χ1v) is 5.90. The fraction of sp³-hybridized carbons (Fsp3) is 0.700. The normalized spacial score (nSPS) is 25.1. The van der Waals surface area contributed by atoms with Gasteiger partial charge in [0, 0.05) is 6.42 Å². The highest BCUT2D eigenvalue weighted by molar-refractivity contribution is 9.09. The zero-order valence-electron chi connectivity index (χ0n) is 9.13. The molecule has 0 bridgehead atoms. The zero-order valence-corrected chi connectivity index (χ0v) is 12.3. The van der Waals surface area contributed by atoms with E-state index in [-0.39, 0.29) is 23.0 Å². The molecule has 1 aliphatic heterocycles. The predicted molar refractivity (Wildman–Crippen MR) is 59.3 cm³/mol. The number of hydrogen-bond acceptors (Lipinski definition) is 2. The minimum atomic E-state index is -0.177. The van der Waals surface area contributed by atoms with E-state index < -0.39 is 0 Å². The molecule has 0 fully saturated rings. The highest BCUT2D eigenvalue weighted by Crippen LogP contribution is 2.17. The number of quaternary nitrogens is 1. The molecule has 5 heteroatoms. The van der Waals surface area contributed by atoms with Crippen LogP contribution in [0.25, 0.3) is 0 Å². The summed E-state index contributed by atoms with van der Waals surface area (Å²) in [6, 6.07) is 0. The van der Waals surface area contributed by atoms with E-state index in [9.17, 15) is 4.79 Å². The van der Waals surface area contributed by atoms with Gasteiger partial charge in [0.05, 0.1) is 38.2 Å². The van der Waals surface area contributed by atoms with Crippen molar-refractivity contribution in [1.82, 2.24) is 0 Å². The molecule has 0 aliphatic carbocycles. The lowest BCUT2D eigenvalue weighted by Crippen LogP contribution is -3.00. The third-order valence-corrected chi connectivity index (χ3v) is 3.04. The zero-order chi connectivity index (χ0) is 10.6. The van der Waals surface area contributed by atoms with Gasteiger partial charge in [0.25, 0.3) is 0 Å². The molecule has 0 saturated heterocycles. The number of carbonyl (C=O) groups is 1. The molecule has 0 N–H and O–H groups in total. The van der Waals surface area contributed by atoms with Gasteiger partial charge in [0.2, 0.25) is 0 Å². The van der Waals surface area contributed by atoms with Gasteiger partial charge in [0.15, 0.2) is 0 Å². The molecule has 3 nitrogen and oxygen atoms in total. The molecular formula is C10H17Br2NO2. The molecule has 88 valence electrons. The minimum absolute atomic E-state index is 0. The Morgan fingerprint density at radius 2 is 2.33 bits per heavy atom. The van der Waals surface area contributed by atoms with E-state index in [1.54, 1.807) is 0 Å². The fourth-order valence-corrected chi connectivity index (χ4v) is 2.64. The number of carbonyl (C=O) groups excluding carboxylic acids is 1. The van der Waals surface area contributed by atoms with Crippen molar-refractivity contribution in [2.24, 2.45) is 0 Å². The summed E-state index contributed by atoms with van der Waals surface area (Å²) in [6.07, 6.45) is 2.97. The predicted octanol–water partition coefficient (Wildman–Crippen LogP) is -1.66. The molecule has 0 radical (unpaired) electrons. The molecular weight excluding hydrogens is 326 g/mol. The number of nitrogens with zero attached hydrogens (tertiary/aromatic N) is 1. The Bertz CT molecular complexity index is 256. The molecule has 0 aromatic carbocycles. The van der Waals surface area contributed by atoms with E-state index >= 15 is 0 Å². The second-order valence-electron chi connectivity index (χ2n) is 3.92. The number of hydrogen-bond donors (Lipinski definition) is 0. The summed E-state index contributed by atoms with van der Waals surface area (Å²) in [6.45, 7) is 2.94. The van der Waals surface area contributed by atoms with Crippen LogP contribution in [-0.2, 0) is 9.53 Å². The van der Waals surface area contributed by atoms with Gasteiger partial charge in [-0.05, 0) is 0 Å². The quantitative estimate of drug-likeness (QED) is 0.348. The van der Waals surface area contributed by atoms with Crippen LogP contribution in [0, 0.1) is 0 Å². The van der Waals surface area contributed by atoms with Crippen molar-refractivity contribution in [3.63, 3.8) is 0 Å². The van der Waals surface area contributed by atoms with Gasteiger partial charge in [0.1, 0.15) is 6.54 Å². The van der Waals surface area contributed by atoms with Gasteiger partial charge in [-0.1, -0.05) is 22.0 Å². The highest BCUT2D eigenvalue weighted by atomic mass is 79.9. The molecule has 0 spiro atoms. The number of alkyl halides is 1. The number of esters is 1. The van der Waals surface area contributed by atoms with Gasteiger partial charge >= 0.3 is 5.97 Å². The second-order valence-corrected chi connectivity index (χ2v) is 4.72. The Morgan fingerprint density at radius 1 is 1.67 bits per heavy atom. The maximum atomic E-state index is 11.3. The van der Waals surface area contributed by atoms with Crippen molar-refractivity contribution >= 4 is 21.9 Å². The third kappa shape index (κ3) is 4.25. The number of ether oxygens (including phenoxy) is 1. The largest absolute Gasteiger partial charge is 1.00 e. The van der Waals surface area contributed by atoms with E-state index in [1.165, 1.54) is 7.11 Å². The molecule has 0 saturated carbocycles. The topological polar surface area (TPSA) is 26.3 Å². The van der Waals surface area contributed by atoms with Gasteiger partial charge in [-0.3, -0.25) is 0 Å². The molecule has 1 heterocycles. The van der Waals surface area contributed by atoms with Crippen LogP contribution in [-0.4, -0.2) is 49.6 Å². The number of rotatable bonds is 3. The average molecular weight is 343 g/mol. The van der Waals surface area contributed by atoms with Crippen molar-refractivity contribution in [3.05, 3.63) is 11.6 Å². The van der Waals surface area contributed by atoms with Crippen molar-refractivity contribution in [1.29, 1.82) is 0 Å². The molecule has 1 aliphatic rings. The van der Waals surface area contributed by atoms with Crippen LogP contribution in [0.4, 0.5) is 0 Å². The summed E-state index contributed by atoms with van der Waals surface area (Å²) in [5, 5.41) is 0.970.